The van der Waals surface area contributed by atoms with Crippen molar-refractivity contribution in [2.24, 2.45) is 0 Å². The molecule has 0 fully saturated rings. The predicted octanol–water partition coefficient (Wildman–Crippen LogP) is 2.15. The first-order chi connectivity index (χ1) is 12.9. The molecule has 8 nitrogen and oxygen atoms in total. The lowest BCUT2D eigenvalue weighted by molar-refractivity contribution is -0.856. The van der Waals surface area contributed by atoms with Crippen molar-refractivity contribution in [3.05, 3.63) is 51.8 Å². The second-order valence-corrected chi connectivity index (χ2v) is 7.47. The van der Waals surface area contributed by atoms with Gasteiger partial charge in [-0.25, -0.2) is 4.98 Å². The van der Waals surface area contributed by atoms with Crippen molar-refractivity contribution in [3.8, 4) is 0 Å². The molecule has 9 heteroatoms. The van der Waals surface area contributed by atoms with Crippen LogP contribution in [0, 0.1) is 10.1 Å². The van der Waals surface area contributed by atoms with Gasteiger partial charge in [-0.05, 0) is 30.2 Å². The van der Waals surface area contributed by atoms with Gasteiger partial charge in [0, 0.05) is 0 Å². The Balaban J connectivity index is 1.96. The topological polar surface area (TPSA) is 93.9 Å². The fourth-order valence-electron chi connectivity index (χ4n) is 2.59. The first-order valence-electron chi connectivity index (χ1n) is 8.63. The number of quaternary nitrogens is 1. The molecule has 0 aliphatic rings. The molecule has 0 radical (unpaired) electrons. The molecule has 0 saturated carbocycles. The normalized spacial score (nSPS) is 11.3. The maximum atomic E-state index is 13.0. The monoisotopic (exact) mass is 389 g/mol. The summed E-state index contributed by atoms with van der Waals surface area (Å²) < 4.78 is 6.11. The molecule has 1 amide bonds. The molecule has 0 aliphatic heterocycles. The Kier molecular flexibility index (Phi) is 5.52. The quantitative estimate of drug-likeness (QED) is 0.494. The summed E-state index contributed by atoms with van der Waals surface area (Å²) in [7, 11) is 3.98. The van der Waals surface area contributed by atoms with Gasteiger partial charge in [-0.3, -0.25) is 19.8 Å². The molecular formula is C18H21N4O4S+. The predicted molar refractivity (Wildman–Crippen MR) is 104 cm³/mol. The minimum Gasteiger partial charge on any atom is -0.395 e. The highest BCUT2D eigenvalue weighted by atomic mass is 32.1. The van der Waals surface area contributed by atoms with Crippen LogP contribution in [0.5, 0.6) is 0 Å². The minimum absolute atomic E-state index is 0.0658. The van der Waals surface area contributed by atoms with Crippen LogP contribution in [0.3, 0.4) is 0 Å². The lowest BCUT2D eigenvalue weighted by atomic mass is 10.2. The number of likely N-dealkylation sites (N-methyl/N-ethyl adjacent to an activating group) is 1. The average molecular weight is 389 g/mol. The van der Waals surface area contributed by atoms with Gasteiger partial charge < -0.3 is 9.32 Å². The number of nitrogens with one attached hydrogen (secondary N) is 1. The van der Waals surface area contributed by atoms with Gasteiger partial charge in [0.25, 0.3) is 5.91 Å². The van der Waals surface area contributed by atoms with Gasteiger partial charge in [-0.2, -0.15) is 0 Å². The van der Waals surface area contributed by atoms with Crippen molar-refractivity contribution in [2.45, 2.75) is 13.3 Å². The summed E-state index contributed by atoms with van der Waals surface area (Å²) in [6.07, 6.45) is 0.922. The number of furan rings is 1. The summed E-state index contributed by atoms with van der Waals surface area (Å²) in [5.74, 6) is -0.948. The van der Waals surface area contributed by atoms with Crippen molar-refractivity contribution in [2.75, 3.05) is 32.1 Å². The highest BCUT2D eigenvalue weighted by Crippen LogP contribution is 2.31. The first kappa shape index (κ1) is 19.0. The van der Waals surface area contributed by atoms with Crippen molar-refractivity contribution in [3.63, 3.8) is 0 Å². The first-order valence-corrected chi connectivity index (χ1v) is 9.45. The molecule has 1 N–H and O–H groups in total. The van der Waals surface area contributed by atoms with Crippen LogP contribution < -0.4 is 9.80 Å². The average Bonchev–Trinajstić information content (AvgIpc) is 3.27. The van der Waals surface area contributed by atoms with E-state index in [1.54, 1.807) is 0 Å². The molecular weight excluding hydrogens is 368 g/mol. The van der Waals surface area contributed by atoms with Crippen LogP contribution in [-0.2, 0) is 6.42 Å². The number of hydrogen-bond donors (Lipinski definition) is 1. The third kappa shape index (κ3) is 4.15. The third-order valence-corrected chi connectivity index (χ3v) is 5.18. The Morgan fingerprint density at radius 1 is 1.33 bits per heavy atom. The van der Waals surface area contributed by atoms with Gasteiger partial charge in [0.1, 0.15) is 4.92 Å². The number of thiazole rings is 1. The zero-order chi connectivity index (χ0) is 19.6. The zero-order valence-corrected chi connectivity index (χ0v) is 16.2. The molecule has 2 heterocycles. The zero-order valence-electron chi connectivity index (χ0n) is 15.4. The molecule has 0 atom stereocenters. The van der Waals surface area contributed by atoms with Crippen LogP contribution in [0.15, 0.2) is 34.7 Å². The molecule has 2 aromatic heterocycles. The number of rotatable bonds is 7. The van der Waals surface area contributed by atoms with Gasteiger partial charge in [0.2, 0.25) is 0 Å². The smallest absolute Gasteiger partial charge is 0.395 e. The van der Waals surface area contributed by atoms with E-state index in [1.807, 2.05) is 26.2 Å². The molecule has 27 heavy (non-hydrogen) atoms. The minimum atomic E-state index is -0.658. The van der Waals surface area contributed by atoms with Gasteiger partial charge >= 0.3 is 5.88 Å². The number of amides is 1. The Hall–Kier alpha value is -2.78. The molecule has 3 rings (SSSR count). The standard InChI is InChI=1S/C18H20N4O4S/c1-4-12-5-6-13-15(11-12)27-18(19-13)21(10-9-20(2)3)17(23)14-7-8-16(26-14)22(24)25/h5-8,11H,4,9-10H2,1-3H3/p+1. The number of nitrogens with zero attached hydrogens (tertiary/aromatic N) is 3. The van der Waals surface area contributed by atoms with Crippen LogP contribution in [0.2, 0.25) is 0 Å². The van der Waals surface area contributed by atoms with Crippen LogP contribution in [0.1, 0.15) is 23.0 Å². The van der Waals surface area contributed by atoms with Gasteiger partial charge in [0.15, 0.2) is 10.9 Å². The second kappa shape index (κ2) is 7.85. The lowest BCUT2D eigenvalue weighted by Crippen LogP contribution is -3.06. The summed E-state index contributed by atoms with van der Waals surface area (Å²) in [6.45, 7) is 3.21. The van der Waals surface area contributed by atoms with E-state index in [-0.39, 0.29) is 5.76 Å². The number of aryl methyl sites for hydroxylation is 1. The third-order valence-electron chi connectivity index (χ3n) is 4.14. The Morgan fingerprint density at radius 3 is 2.74 bits per heavy atom. The second-order valence-electron chi connectivity index (χ2n) is 6.46. The van der Waals surface area contributed by atoms with E-state index >= 15 is 0 Å². The number of benzene rings is 1. The van der Waals surface area contributed by atoms with Gasteiger partial charge in [0.05, 0.1) is 43.5 Å². The fraction of sp³-hybridized carbons (Fsp3) is 0.333. The van der Waals surface area contributed by atoms with E-state index in [1.165, 1.54) is 38.8 Å². The molecule has 0 aliphatic carbocycles. The number of aromatic nitrogens is 1. The van der Waals surface area contributed by atoms with Crippen molar-refractivity contribution >= 4 is 38.5 Å². The van der Waals surface area contributed by atoms with Crippen LogP contribution in [-0.4, -0.2) is 43.0 Å². The number of anilines is 1. The summed E-state index contributed by atoms with van der Waals surface area (Å²) in [5, 5.41) is 11.4. The number of nitro groups is 1. The maximum absolute atomic E-state index is 13.0. The molecule has 0 unspecified atom stereocenters. The number of carbonyl (C=O) groups excluding carboxylic acids is 1. The molecule has 0 saturated heterocycles. The van der Waals surface area contributed by atoms with Gasteiger partial charge in [-0.1, -0.05) is 24.3 Å². The number of carbonyl (C=O) groups is 1. The van der Waals surface area contributed by atoms with Gasteiger partial charge in [-0.15, -0.1) is 0 Å². The highest BCUT2D eigenvalue weighted by Gasteiger charge is 2.26. The Labute approximate surface area is 160 Å². The lowest BCUT2D eigenvalue weighted by Gasteiger charge is -2.19. The number of hydrogen-bond acceptors (Lipinski definition) is 6. The summed E-state index contributed by atoms with van der Waals surface area (Å²) in [5.41, 5.74) is 2.03. The molecule has 1 aromatic carbocycles. The van der Waals surface area contributed by atoms with E-state index in [9.17, 15) is 14.9 Å². The van der Waals surface area contributed by atoms with Crippen LogP contribution >= 0.6 is 11.3 Å². The van der Waals surface area contributed by atoms with E-state index in [4.69, 9.17) is 4.42 Å². The Morgan fingerprint density at radius 2 is 2.11 bits per heavy atom. The SMILES string of the molecule is CCc1ccc2nc(N(CC[NH+](C)C)C(=O)c3ccc([N+](=O)[O-])o3)sc2c1. The van der Waals surface area contributed by atoms with E-state index in [0.29, 0.717) is 18.2 Å². The fourth-order valence-corrected chi connectivity index (χ4v) is 3.64. The Bertz CT molecular complexity index is 979. The van der Waals surface area contributed by atoms with E-state index < -0.39 is 16.7 Å². The van der Waals surface area contributed by atoms with Crippen LogP contribution in [0.25, 0.3) is 10.2 Å². The summed E-state index contributed by atoms with van der Waals surface area (Å²) in [4.78, 5) is 30.4. The van der Waals surface area contributed by atoms with E-state index in [2.05, 4.69) is 18.0 Å². The molecule has 142 valence electrons. The molecule has 3 aromatic rings. The largest absolute Gasteiger partial charge is 0.433 e. The summed E-state index contributed by atoms with van der Waals surface area (Å²) >= 11 is 1.43. The van der Waals surface area contributed by atoms with Crippen molar-refractivity contribution in [1.29, 1.82) is 0 Å². The highest BCUT2D eigenvalue weighted by molar-refractivity contribution is 7.22. The van der Waals surface area contributed by atoms with Crippen molar-refractivity contribution in [1.82, 2.24) is 4.98 Å². The molecule has 0 spiro atoms. The van der Waals surface area contributed by atoms with E-state index in [0.717, 1.165) is 16.6 Å². The van der Waals surface area contributed by atoms with Crippen molar-refractivity contribution < 1.29 is 19.0 Å². The summed E-state index contributed by atoms with van der Waals surface area (Å²) in [6, 6.07) is 8.57. The maximum Gasteiger partial charge on any atom is 0.433 e. The molecule has 0 bridgehead atoms. The van der Waals surface area contributed by atoms with Crippen LogP contribution in [0.4, 0.5) is 11.0 Å². The number of fused-ring (bicyclic) bond motifs is 1.